The number of para-hydroxylation sites is 2. The first-order valence-electron chi connectivity index (χ1n) is 15.3. The summed E-state index contributed by atoms with van der Waals surface area (Å²) in [4.78, 5) is 61.1. The number of Topliss-reactive ketones (excluding diaryl/α,β-unsaturated/α-hetero) is 1. The van der Waals surface area contributed by atoms with Gasteiger partial charge in [0.25, 0.3) is 0 Å². The van der Waals surface area contributed by atoms with Gasteiger partial charge in [-0.3, -0.25) is 24.1 Å². The Labute approximate surface area is 277 Å². The Morgan fingerprint density at radius 1 is 1.00 bits per heavy atom. The quantitative estimate of drug-likeness (QED) is 0.144. The van der Waals surface area contributed by atoms with Crippen molar-refractivity contribution >= 4 is 56.1 Å². The molecule has 3 aromatic carbocycles. The molecule has 9 nitrogen and oxygen atoms in total. The van der Waals surface area contributed by atoms with E-state index in [4.69, 9.17) is 9.15 Å². The zero-order chi connectivity index (χ0) is 32.7. The highest BCUT2D eigenvalue weighted by atomic mass is 79.9. The summed E-state index contributed by atoms with van der Waals surface area (Å²) in [6.07, 6.45) is 3.67. The van der Waals surface area contributed by atoms with Crippen LogP contribution in [0.15, 0.2) is 104 Å². The number of allylic oxidation sites excluding steroid dienone is 6. The van der Waals surface area contributed by atoms with Crippen LogP contribution in [0.5, 0.6) is 11.5 Å². The molecular weight excluding hydrogens is 664 g/mol. The number of halogens is 1. The number of fused-ring (bicyclic) bond motifs is 4. The summed E-state index contributed by atoms with van der Waals surface area (Å²) in [5.41, 5.74) is 4.57. The third-order valence-corrected chi connectivity index (χ3v) is 10.3. The molecule has 1 saturated heterocycles. The number of anilines is 1. The second-order valence-corrected chi connectivity index (χ2v) is 13.2. The molecule has 4 atom stereocenters. The average Bonchev–Trinajstić information content (AvgIpc) is 3.62. The van der Waals surface area contributed by atoms with Crippen molar-refractivity contribution in [3.63, 3.8) is 0 Å². The van der Waals surface area contributed by atoms with Crippen LogP contribution in [0, 0.1) is 17.8 Å². The smallest absolute Gasteiger partial charge is 0.238 e. The summed E-state index contributed by atoms with van der Waals surface area (Å²) in [7, 11) is 1.43. The Hall–Kier alpha value is -5.09. The number of benzene rings is 3. The first-order valence-corrected chi connectivity index (χ1v) is 16.1. The van der Waals surface area contributed by atoms with Crippen molar-refractivity contribution in [2.24, 2.45) is 17.8 Å². The van der Waals surface area contributed by atoms with Crippen LogP contribution < -0.4 is 9.64 Å². The van der Waals surface area contributed by atoms with E-state index < -0.39 is 23.7 Å². The summed E-state index contributed by atoms with van der Waals surface area (Å²) < 4.78 is 11.9. The fourth-order valence-electron chi connectivity index (χ4n) is 7.69. The number of ether oxygens (including phenoxy) is 1. The van der Waals surface area contributed by atoms with E-state index in [-0.39, 0.29) is 47.7 Å². The fraction of sp³-hybridized carbons (Fsp3) is 0.216. The third kappa shape index (κ3) is 4.38. The number of ketones is 2. The Balaban J connectivity index is 1.18. The van der Waals surface area contributed by atoms with Gasteiger partial charge in [0, 0.05) is 38.2 Å². The minimum absolute atomic E-state index is 0.141. The second kappa shape index (κ2) is 10.7. The van der Waals surface area contributed by atoms with Crippen molar-refractivity contribution in [1.29, 1.82) is 0 Å². The standard InChI is InChI=1S/C37H27BrN2O7/c1-17-13-27(41)24-16-23-21(30(32(24)33(17)42)25-14-19(38)15-29(46-2)34(25)43)11-12-22-31(23)37(45)40(36(22)44)20-9-7-18(8-10-20)35-39-26-5-3-4-6-28(26)47-35/h3-11,13-15,22-23,30-31,43H,12,16H2,1-2H3/t22-,23+,30+,31-/m0/s1. The molecule has 3 aliphatic carbocycles. The van der Waals surface area contributed by atoms with E-state index in [1.165, 1.54) is 18.1 Å². The van der Waals surface area contributed by atoms with Gasteiger partial charge in [-0.05, 0) is 80.3 Å². The highest BCUT2D eigenvalue weighted by Gasteiger charge is 2.57. The molecular formula is C37H27BrN2O7. The van der Waals surface area contributed by atoms with E-state index in [2.05, 4.69) is 20.9 Å². The number of carbonyl (C=O) groups excluding carboxylic acids is 4. The lowest BCUT2D eigenvalue weighted by atomic mass is 9.59. The lowest BCUT2D eigenvalue weighted by molar-refractivity contribution is -0.123. The average molecular weight is 692 g/mol. The summed E-state index contributed by atoms with van der Waals surface area (Å²) in [6, 6.07) is 17.7. The second-order valence-electron chi connectivity index (χ2n) is 12.3. The van der Waals surface area contributed by atoms with Gasteiger partial charge in [-0.2, -0.15) is 0 Å². The van der Waals surface area contributed by atoms with E-state index in [1.807, 2.05) is 30.3 Å². The van der Waals surface area contributed by atoms with Crippen LogP contribution in [0.4, 0.5) is 5.69 Å². The van der Waals surface area contributed by atoms with Crippen LogP contribution >= 0.6 is 15.9 Å². The number of aromatic hydroxyl groups is 1. The Morgan fingerprint density at radius 2 is 1.77 bits per heavy atom. The molecule has 2 amide bonds. The molecule has 47 heavy (non-hydrogen) atoms. The SMILES string of the molecule is COc1cc(Br)cc([C@H]2C3=CC[C@@H]4C(=O)N(c5ccc(-c6nc7ccccc7o6)cc5)C(=O)[C@@H]4[C@@H]3CC3=C2C(=O)C(C)=CC3=O)c1O. The fourth-order valence-corrected chi connectivity index (χ4v) is 8.14. The molecule has 1 fully saturated rings. The lowest BCUT2D eigenvalue weighted by Crippen LogP contribution is -2.39. The van der Waals surface area contributed by atoms with Gasteiger partial charge in [0.2, 0.25) is 17.7 Å². The molecule has 0 radical (unpaired) electrons. The monoisotopic (exact) mass is 690 g/mol. The number of amides is 2. The predicted octanol–water partition coefficient (Wildman–Crippen LogP) is 6.61. The molecule has 4 aliphatic rings. The van der Waals surface area contributed by atoms with Crippen LogP contribution in [0.3, 0.4) is 0 Å². The Morgan fingerprint density at radius 3 is 2.51 bits per heavy atom. The zero-order valence-electron chi connectivity index (χ0n) is 25.3. The highest BCUT2D eigenvalue weighted by Crippen LogP contribution is 2.57. The first kappa shape index (κ1) is 29.3. The molecule has 10 heteroatoms. The van der Waals surface area contributed by atoms with Gasteiger partial charge >= 0.3 is 0 Å². The number of rotatable bonds is 4. The molecule has 0 saturated carbocycles. The number of hydrogen-bond donors (Lipinski definition) is 1. The number of nitrogens with zero attached hydrogens (tertiary/aromatic N) is 2. The summed E-state index contributed by atoms with van der Waals surface area (Å²) >= 11 is 3.49. The molecule has 8 rings (SSSR count). The van der Waals surface area contributed by atoms with Crippen LogP contribution in [0.25, 0.3) is 22.6 Å². The van der Waals surface area contributed by atoms with Crippen molar-refractivity contribution in [3.05, 3.63) is 105 Å². The number of phenols is 1. The maximum Gasteiger partial charge on any atom is 0.238 e. The van der Waals surface area contributed by atoms with Crippen LogP contribution in [-0.4, -0.2) is 40.6 Å². The van der Waals surface area contributed by atoms with Gasteiger partial charge in [-0.1, -0.05) is 39.7 Å². The largest absolute Gasteiger partial charge is 0.504 e. The maximum absolute atomic E-state index is 14.3. The molecule has 234 valence electrons. The van der Waals surface area contributed by atoms with E-state index >= 15 is 0 Å². The minimum atomic E-state index is -0.802. The topological polar surface area (TPSA) is 127 Å². The van der Waals surface area contributed by atoms with Gasteiger partial charge in [0.05, 0.1) is 24.6 Å². The predicted molar refractivity (Wildman–Crippen MR) is 176 cm³/mol. The van der Waals surface area contributed by atoms with E-state index in [1.54, 1.807) is 43.3 Å². The molecule has 1 aromatic heterocycles. The molecule has 1 aliphatic heterocycles. The van der Waals surface area contributed by atoms with Crippen LogP contribution in [0.1, 0.15) is 31.2 Å². The Bertz CT molecular complexity index is 2140. The summed E-state index contributed by atoms with van der Waals surface area (Å²) in [6.45, 7) is 1.60. The summed E-state index contributed by atoms with van der Waals surface area (Å²) in [5, 5.41) is 11.3. The van der Waals surface area contributed by atoms with Crippen molar-refractivity contribution in [1.82, 2.24) is 4.98 Å². The lowest BCUT2D eigenvalue weighted by Gasteiger charge is -2.42. The highest BCUT2D eigenvalue weighted by molar-refractivity contribution is 9.10. The van der Waals surface area contributed by atoms with E-state index in [0.29, 0.717) is 49.5 Å². The normalized spacial score (nSPS) is 23.9. The van der Waals surface area contributed by atoms with Gasteiger partial charge in [0.1, 0.15) is 5.52 Å². The Kier molecular flexibility index (Phi) is 6.70. The van der Waals surface area contributed by atoms with Crippen molar-refractivity contribution in [3.8, 4) is 23.0 Å². The molecule has 0 bridgehead atoms. The van der Waals surface area contributed by atoms with Crippen molar-refractivity contribution < 1.29 is 33.4 Å². The number of imide groups is 1. The molecule has 2 heterocycles. The third-order valence-electron chi connectivity index (χ3n) is 9.83. The minimum Gasteiger partial charge on any atom is -0.504 e. The number of methoxy groups -OCH3 is 1. The van der Waals surface area contributed by atoms with Crippen LogP contribution in [0.2, 0.25) is 0 Å². The maximum atomic E-state index is 14.3. The molecule has 4 aromatic rings. The number of oxazole rings is 1. The zero-order valence-corrected chi connectivity index (χ0v) is 26.9. The van der Waals surface area contributed by atoms with E-state index in [0.717, 1.165) is 11.1 Å². The molecule has 1 N–H and O–H groups in total. The molecule has 0 spiro atoms. The number of carbonyl (C=O) groups is 4. The first-order chi connectivity index (χ1) is 22.7. The van der Waals surface area contributed by atoms with Gasteiger partial charge < -0.3 is 14.3 Å². The molecule has 0 unspecified atom stereocenters. The van der Waals surface area contributed by atoms with Crippen molar-refractivity contribution in [2.45, 2.75) is 25.7 Å². The number of hydrogen-bond acceptors (Lipinski definition) is 8. The van der Waals surface area contributed by atoms with E-state index in [9.17, 15) is 24.3 Å². The van der Waals surface area contributed by atoms with Gasteiger partial charge in [0.15, 0.2) is 28.6 Å². The van der Waals surface area contributed by atoms with Crippen LogP contribution in [-0.2, 0) is 19.2 Å². The number of phenolic OH excluding ortho intramolecular Hbond substituents is 1. The van der Waals surface area contributed by atoms with Gasteiger partial charge in [-0.15, -0.1) is 0 Å². The number of aromatic nitrogens is 1. The van der Waals surface area contributed by atoms with Crippen molar-refractivity contribution in [2.75, 3.05) is 12.0 Å². The summed E-state index contributed by atoms with van der Waals surface area (Å²) in [5.74, 6) is -3.48. The van der Waals surface area contributed by atoms with Gasteiger partial charge in [-0.25, -0.2) is 4.98 Å².